The maximum atomic E-state index is 6.17. The second kappa shape index (κ2) is 5.74. The van der Waals surface area contributed by atoms with E-state index >= 15 is 0 Å². The predicted molar refractivity (Wildman–Crippen MR) is 88.6 cm³/mol. The van der Waals surface area contributed by atoms with Crippen molar-refractivity contribution in [3.8, 4) is 0 Å². The molecule has 1 fully saturated rings. The molecule has 20 heavy (non-hydrogen) atoms. The molecule has 2 rings (SSSR count). The molecule has 0 amide bonds. The fourth-order valence-corrected chi connectivity index (χ4v) is 2.90. The Morgan fingerprint density at radius 2 is 1.60 bits per heavy atom. The van der Waals surface area contributed by atoms with Gasteiger partial charge in [0, 0.05) is 5.75 Å². The normalized spacial score (nSPS) is 20.6. The maximum absolute atomic E-state index is 6.17. The molecule has 0 N–H and O–H groups in total. The van der Waals surface area contributed by atoms with Crippen molar-refractivity contribution in [2.45, 2.75) is 63.7 Å². The van der Waals surface area contributed by atoms with Crippen LogP contribution in [0.25, 0.3) is 0 Å². The van der Waals surface area contributed by atoms with Gasteiger partial charge in [0.05, 0.1) is 11.2 Å². The van der Waals surface area contributed by atoms with E-state index in [2.05, 4.69) is 65.8 Å². The summed E-state index contributed by atoms with van der Waals surface area (Å²) in [7, 11) is -0.260. The summed E-state index contributed by atoms with van der Waals surface area (Å²) in [6.45, 7) is 12.8. The van der Waals surface area contributed by atoms with Crippen molar-refractivity contribution >= 4 is 24.3 Å². The van der Waals surface area contributed by atoms with Gasteiger partial charge < -0.3 is 9.31 Å². The number of hydrogen-bond donors (Lipinski definition) is 0. The Kier molecular flexibility index (Phi) is 4.58. The van der Waals surface area contributed by atoms with E-state index in [-0.39, 0.29) is 18.3 Å². The molecule has 0 bridgehead atoms. The zero-order chi connectivity index (χ0) is 15.0. The van der Waals surface area contributed by atoms with E-state index in [4.69, 9.17) is 9.31 Å². The standard InChI is InChI=1S/C16H25BO2S/c1-12(2)20-11-13-9-7-8-10-14(13)17-18-15(3,4)16(5,6)19-17/h7-10,12H,11H2,1-6H3. The van der Waals surface area contributed by atoms with Crippen molar-refractivity contribution in [2.24, 2.45) is 0 Å². The quantitative estimate of drug-likeness (QED) is 0.790. The summed E-state index contributed by atoms with van der Waals surface area (Å²) in [4.78, 5) is 0. The first kappa shape index (κ1) is 15.9. The van der Waals surface area contributed by atoms with Crippen LogP contribution >= 0.6 is 11.8 Å². The van der Waals surface area contributed by atoms with Crippen molar-refractivity contribution in [1.29, 1.82) is 0 Å². The number of rotatable bonds is 4. The second-order valence-electron chi connectivity index (χ2n) is 6.65. The smallest absolute Gasteiger partial charge is 0.399 e. The van der Waals surface area contributed by atoms with Gasteiger partial charge >= 0.3 is 7.12 Å². The highest BCUT2D eigenvalue weighted by molar-refractivity contribution is 7.99. The van der Waals surface area contributed by atoms with Crippen LogP contribution in [0.2, 0.25) is 0 Å². The van der Waals surface area contributed by atoms with E-state index in [9.17, 15) is 0 Å². The van der Waals surface area contributed by atoms with E-state index in [0.717, 1.165) is 5.75 Å². The third kappa shape index (κ3) is 3.24. The fourth-order valence-electron chi connectivity index (χ4n) is 2.12. The Morgan fingerprint density at radius 1 is 1.05 bits per heavy atom. The molecule has 0 radical (unpaired) electrons. The minimum absolute atomic E-state index is 0.260. The van der Waals surface area contributed by atoms with Gasteiger partial charge in [0.25, 0.3) is 0 Å². The van der Waals surface area contributed by atoms with Crippen LogP contribution in [0.15, 0.2) is 24.3 Å². The van der Waals surface area contributed by atoms with Crippen LogP contribution in [-0.2, 0) is 15.1 Å². The zero-order valence-corrected chi connectivity index (χ0v) is 14.2. The number of hydrogen-bond acceptors (Lipinski definition) is 3. The van der Waals surface area contributed by atoms with E-state index in [0.29, 0.717) is 5.25 Å². The molecule has 1 aliphatic rings. The topological polar surface area (TPSA) is 18.5 Å². The molecule has 1 aromatic carbocycles. The fraction of sp³-hybridized carbons (Fsp3) is 0.625. The Hall–Kier alpha value is -0.445. The van der Waals surface area contributed by atoms with Crippen LogP contribution in [0.5, 0.6) is 0 Å². The van der Waals surface area contributed by atoms with Gasteiger partial charge in [0.2, 0.25) is 0 Å². The monoisotopic (exact) mass is 292 g/mol. The van der Waals surface area contributed by atoms with Gasteiger partial charge in [-0.3, -0.25) is 0 Å². The van der Waals surface area contributed by atoms with Crippen molar-refractivity contribution in [3.63, 3.8) is 0 Å². The third-order valence-corrected chi connectivity index (χ3v) is 5.28. The first-order valence-electron chi connectivity index (χ1n) is 7.28. The number of thioether (sulfide) groups is 1. The Balaban J connectivity index is 2.22. The Labute approximate surface area is 127 Å². The molecule has 0 saturated carbocycles. The minimum Gasteiger partial charge on any atom is -0.399 e. The predicted octanol–water partition coefficient (Wildman–Crippen LogP) is 3.63. The molecular formula is C16H25BO2S. The molecule has 0 atom stereocenters. The lowest BCUT2D eigenvalue weighted by molar-refractivity contribution is 0.00578. The molecule has 0 spiro atoms. The summed E-state index contributed by atoms with van der Waals surface area (Å²) in [5.41, 5.74) is 1.91. The molecule has 1 aliphatic heterocycles. The number of benzene rings is 1. The molecule has 2 nitrogen and oxygen atoms in total. The summed E-state index contributed by atoms with van der Waals surface area (Å²) in [5.74, 6) is 0.998. The molecule has 0 aliphatic carbocycles. The largest absolute Gasteiger partial charge is 0.495 e. The molecule has 1 saturated heterocycles. The van der Waals surface area contributed by atoms with Crippen LogP contribution < -0.4 is 5.46 Å². The molecule has 0 unspecified atom stereocenters. The lowest BCUT2D eigenvalue weighted by atomic mass is 9.76. The Morgan fingerprint density at radius 3 is 2.15 bits per heavy atom. The average molecular weight is 292 g/mol. The summed E-state index contributed by atoms with van der Waals surface area (Å²) in [6, 6.07) is 8.45. The van der Waals surface area contributed by atoms with E-state index < -0.39 is 0 Å². The van der Waals surface area contributed by atoms with Gasteiger partial charge in [-0.2, -0.15) is 11.8 Å². The van der Waals surface area contributed by atoms with Crippen LogP contribution in [0.1, 0.15) is 47.1 Å². The average Bonchev–Trinajstić information content (AvgIpc) is 2.56. The second-order valence-corrected chi connectivity index (χ2v) is 8.21. The zero-order valence-electron chi connectivity index (χ0n) is 13.4. The maximum Gasteiger partial charge on any atom is 0.495 e. The van der Waals surface area contributed by atoms with Crippen LogP contribution in [-0.4, -0.2) is 23.6 Å². The third-order valence-electron chi connectivity index (χ3n) is 4.13. The summed E-state index contributed by atoms with van der Waals surface area (Å²) in [6.07, 6.45) is 0. The summed E-state index contributed by atoms with van der Waals surface area (Å²) >= 11 is 1.95. The van der Waals surface area contributed by atoms with E-state index in [1.54, 1.807) is 0 Å². The molecule has 110 valence electrons. The van der Waals surface area contributed by atoms with Crippen molar-refractivity contribution in [1.82, 2.24) is 0 Å². The molecule has 1 heterocycles. The van der Waals surface area contributed by atoms with E-state index in [1.807, 2.05) is 11.8 Å². The van der Waals surface area contributed by atoms with Crippen LogP contribution in [0, 0.1) is 0 Å². The van der Waals surface area contributed by atoms with Gasteiger partial charge in [-0.1, -0.05) is 38.1 Å². The van der Waals surface area contributed by atoms with Crippen LogP contribution in [0.3, 0.4) is 0 Å². The van der Waals surface area contributed by atoms with Gasteiger partial charge in [-0.15, -0.1) is 0 Å². The minimum atomic E-state index is -0.282. The van der Waals surface area contributed by atoms with Crippen molar-refractivity contribution < 1.29 is 9.31 Å². The SMILES string of the molecule is CC(C)SCc1ccccc1B1OC(C)(C)C(C)(C)O1. The molecule has 1 aromatic rings. The highest BCUT2D eigenvalue weighted by Crippen LogP contribution is 2.36. The van der Waals surface area contributed by atoms with Crippen molar-refractivity contribution in [2.75, 3.05) is 0 Å². The highest BCUT2D eigenvalue weighted by Gasteiger charge is 2.52. The molecule has 4 heteroatoms. The van der Waals surface area contributed by atoms with Gasteiger partial charge in [-0.25, -0.2) is 0 Å². The van der Waals surface area contributed by atoms with Gasteiger partial charge in [0.1, 0.15) is 0 Å². The lowest BCUT2D eigenvalue weighted by Crippen LogP contribution is -2.41. The van der Waals surface area contributed by atoms with E-state index in [1.165, 1.54) is 11.0 Å². The van der Waals surface area contributed by atoms with Crippen molar-refractivity contribution in [3.05, 3.63) is 29.8 Å². The van der Waals surface area contributed by atoms with Gasteiger partial charge in [-0.05, 0) is 44.0 Å². The summed E-state index contributed by atoms with van der Waals surface area (Å²) in [5, 5.41) is 0.626. The first-order chi connectivity index (χ1) is 9.23. The summed E-state index contributed by atoms with van der Waals surface area (Å²) < 4.78 is 12.3. The van der Waals surface area contributed by atoms with Crippen LogP contribution in [0.4, 0.5) is 0 Å². The molecular weight excluding hydrogens is 267 g/mol. The van der Waals surface area contributed by atoms with Gasteiger partial charge in [0.15, 0.2) is 0 Å². The highest BCUT2D eigenvalue weighted by atomic mass is 32.2. The lowest BCUT2D eigenvalue weighted by Gasteiger charge is -2.32. The Bertz CT molecular complexity index is 455. The first-order valence-corrected chi connectivity index (χ1v) is 8.33. The molecule has 0 aromatic heterocycles.